The van der Waals surface area contributed by atoms with E-state index in [-0.39, 0.29) is 5.56 Å². The van der Waals surface area contributed by atoms with E-state index in [2.05, 4.69) is 16.0 Å². The Balaban J connectivity index is 2.12. The van der Waals surface area contributed by atoms with E-state index in [1.165, 1.54) is 18.4 Å². The first-order valence-electron chi connectivity index (χ1n) is 6.57. The molecule has 0 amide bonds. The maximum atomic E-state index is 12.0. The lowest BCUT2D eigenvalue weighted by Crippen LogP contribution is -2.17. The van der Waals surface area contributed by atoms with Gasteiger partial charge in [-0.1, -0.05) is 24.3 Å². The van der Waals surface area contributed by atoms with Gasteiger partial charge in [0.05, 0.1) is 12.3 Å². The van der Waals surface area contributed by atoms with Crippen LogP contribution in [0.5, 0.6) is 0 Å². The number of aromatic nitrogens is 2. The third-order valence-electron chi connectivity index (χ3n) is 3.45. The summed E-state index contributed by atoms with van der Waals surface area (Å²) in [5, 5.41) is 0. The van der Waals surface area contributed by atoms with E-state index >= 15 is 0 Å². The molecule has 1 heterocycles. The number of benzene rings is 1. The molecule has 1 aliphatic carbocycles. The largest absolute Gasteiger partial charge is 0.378 e. The van der Waals surface area contributed by atoms with Crippen LogP contribution in [0.25, 0.3) is 11.4 Å². The van der Waals surface area contributed by atoms with Crippen molar-refractivity contribution >= 4 is 22.6 Å². The molecule has 1 fully saturated rings. The Morgan fingerprint density at radius 3 is 2.85 bits per heavy atom. The minimum atomic E-state index is -0.103. The van der Waals surface area contributed by atoms with Crippen molar-refractivity contribution in [2.24, 2.45) is 0 Å². The minimum absolute atomic E-state index is 0.103. The molecule has 4 nitrogen and oxygen atoms in total. The van der Waals surface area contributed by atoms with E-state index in [0.717, 1.165) is 5.56 Å². The quantitative estimate of drug-likeness (QED) is 0.828. The molecule has 0 atom stereocenters. The fourth-order valence-electron chi connectivity index (χ4n) is 2.33. The molecule has 1 aliphatic rings. The average molecular weight is 382 g/mol. The van der Waals surface area contributed by atoms with Crippen LogP contribution >= 0.6 is 22.6 Å². The molecule has 1 aromatic carbocycles. The number of aromatic amines is 1. The molecule has 1 N–H and O–H groups in total. The Morgan fingerprint density at radius 2 is 2.15 bits per heavy atom. The normalized spacial score (nSPS) is 14.5. The molecule has 1 aromatic heterocycles. The predicted octanol–water partition coefficient (Wildman–Crippen LogP) is 3.07. The molecule has 0 unspecified atom stereocenters. The Morgan fingerprint density at radius 1 is 1.40 bits per heavy atom. The fourth-order valence-corrected chi connectivity index (χ4v) is 2.74. The third kappa shape index (κ3) is 2.64. The first-order valence-corrected chi connectivity index (χ1v) is 7.65. The van der Waals surface area contributed by atoms with E-state index in [0.29, 0.717) is 27.6 Å². The highest BCUT2D eigenvalue weighted by Crippen LogP contribution is 2.43. The number of ether oxygens (including phenoxy) is 1. The van der Waals surface area contributed by atoms with Crippen LogP contribution in [0.3, 0.4) is 0 Å². The molecule has 0 radical (unpaired) electrons. The lowest BCUT2D eigenvalue weighted by Gasteiger charge is -2.10. The van der Waals surface area contributed by atoms with Crippen LogP contribution in [0.2, 0.25) is 0 Å². The maximum Gasteiger partial charge on any atom is 0.264 e. The predicted molar refractivity (Wildman–Crippen MR) is 85.7 cm³/mol. The van der Waals surface area contributed by atoms with Gasteiger partial charge in [-0.05, 0) is 46.9 Å². The van der Waals surface area contributed by atoms with Crippen LogP contribution in [-0.4, -0.2) is 17.1 Å². The molecule has 2 aromatic rings. The minimum Gasteiger partial charge on any atom is -0.378 e. The number of hydrogen-bond acceptors (Lipinski definition) is 3. The zero-order valence-electron chi connectivity index (χ0n) is 11.1. The lowest BCUT2D eigenvalue weighted by molar-refractivity contribution is 0.180. The van der Waals surface area contributed by atoms with Crippen molar-refractivity contribution in [1.82, 2.24) is 9.97 Å². The van der Waals surface area contributed by atoms with Crippen molar-refractivity contribution in [1.29, 1.82) is 0 Å². The molecular weight excluding hydrogens is 367 g/mol. The highest BCUT2D eigenvalue weighted by atomic mass is 127. The summed E-state index contributed by atoms with van der Waals surface area (Å²) in [6.45, 7) is 0.348. The zero-order valence-corrected chi connectivity index (χ0v) is 13.3. The van der Waals surface area contributed by atoms with Crippen LogP contribution in [0.1, 0.15) is 30.0 Å². The van der Waals surface area contributed by atoms with Crippen LogP contribution in [0.15, 0.2) is 29.1 Å². The number of nitrogens with zero attached hydrogens (tertiary/aromatic N) is 1. The van der Waals surface area contributed by atoms with Gasteiger partial charge < -0.3 is 9.72 Å². The van der Waals surface area contributed by atoms with Gasteiger partial charge in [-0.3, -0.25) is 4.79 Å². The second kappa shape index (κ2) is 5.65. The summed E-state index contributed by atoms with van der Waals surface area (Å²) in [7, 11) is 1.61. The van der Waals surface area contributed by atoms with E-state index in [4.69, 9.17) is 4.74 Å². The molecule has 0 bridgehead atoms. The average Bonchev–Trinajstić information content (AvgIpc) is 3.28. The summed E-state index contributed by atoms with van der Waals surface area (Å²) in [4.78, 5) is 19.5. The first kappa shape index (κ1) is 13.8. The topological polar surface area (TPSA) is 55.0 Å². The van der Waals surface area contributed by atoms with Crippen LogP contribution < -0.4 is 5.56 Å². The number of halogens is 1. The van der Waals surface area contributed by atoms with Crippen molar-refractivity contribution < 1.29 is 4.74 Å². The molecule has 5 heteroatoms. The Labute approximate surface area is 130 Å². The van der Waals surface area contributed by atoms with Gasteiger partial charge in [-0.2, -0.15) is 0 Å². The molecule has 0 saturated heterocycles. The van der Waals surface area contributed by atoms with Crippen molar-refractivity contribution in [2.45, 2.75) is 25.4 Å². The van der Waals surface area contributed by atoms with E-state index in [1.807, 2.05) is 40.8 Å². The fraction of sp³-hybridized carbons (Fsp3) is 0.333. The van der Waals surface area contributed by atoms with Gasteiger partial charge in [0.25, 0.3) is 5.56 Å². The highest BCUT2D eigenvalue weighted by Gasteiger charge is 2.26. The summed E-state index contributed by atoms with van der Waals surface area (Å²) in [6, 6.07) is 8.17. The summed E-state index contributed by atoms with van der Waals surface area (Å²) >= 11 is 2.01. The molecular formula is C15H15IN2O2. The highest BCUT2D eigenvalue weighted by molar-refractivity contribution is 14.1. The molecule has 20 heavy (non-hydrogen) atoms. The van der Waals surface area contributed by atoms with Gasteiger partial charge in [0, 0.05) is 12.7 Å². The van der Waals surface area contributed by atoms with Crippen LogP contribution in [0, 0.1) is 3.57 Å². The third-order valence-corrected chi connectivity index (χ3v) is 4.56. The van der Waals surface area contributed by atoms with Gasteiger partial charge in [0.15, 0.2) is 0 Å². The second-order valence-electron chi connectivity index (χ2n) is 4.97. The molecule has 104 valence electrons. The van der Waals surface area contributed by atoms with E-state index in [1.54, 1.807) is 7.11 Å². The smallest absolute Gasteiger partial charge is 0.264 e. The second-order valence-corrected chi connectivity index (χ2v) is 6.05. The summed E-state index contributed by atoms with van der Waals surface area (Å²) in [5.74, 6) is 1.26. The van der Waals surface area contributed by atoms with Gasteiger partial charge in [0.2, 0.25) is 0 Å². The molecule has 0 aliphatic heterocycles. The summed E-state index contributed by atoms with van der Waals surface area (Å²) < 4.78 is 5.72. The Hall–Kier alpha value is -1.21. The Kier molecular flexibility index (Phi) is 3.89. The van der Waals surface area contributed by atoms with E-state index < -0.39 is 0 Å². The first-order chi connectivity index (χ1) is 9.70. The lowest BCUT2D eigenvalue weighted by atomic mass is 10.0. The standard InChI is InChI=1S/C15H15IN2O2/c1-20-8-12-13(16)15(19)18-14(17-12)11-5-3-2-4-10(11)9-6-7-9/h2-5,9H,6-8H2,1H3,(H,17,18,19). The van der Waals surface area contributed by atoms with Crippen molar-refractivity contribution in [3.8, 4) is 11.4 Å². The summed E-state index contributed by atoms with van der Waals surface area (Å²) in [5.41, 5.74) is 2.90. The number of H-pyrrole nitrogens is 1. The molecule has 0 spiro atoms. The van der Waals surface area contributed by atoms with Crippen LogP contribution in [-0.2, 0) is 11.3 Å². The number of rotatable bonds is 4. The van der Waals surface area contributed by atoms with Gasteiger partial charge in [-0.25, -0.2) is 4.98 Å². The number of hydrogen-bond donors (Lipinski definition) is 1. The zero-order chi connectivity index (χ0) is 14.1. The van der Waals surface area contributed by atoms with Gasteiger partial charge in [0.1, 0.15) is 9.39 Å². The van der Waals surface area contributed by atoms with Crippen LogP contribution in [0.4, 0.5) is 0 Å². The summed E-state index contributed by atoms with van der Waals surface area (Å²) in [6.07, 6.45) is 2.44. The SMILES string of the molecule is COCc1nc(-c2ccccc2C2CC2)[nH]c(=O)c1I. The molecule has 3 rings (SSSR count). The number of methoxy groups -OCH3 is 1. The van der Waals surface area contributed by atoms with Gasteiger partial charge >= 0.3 is 0 Å². The van der Waals surface area contributed by atoms with Crippen molar-refractivity contribution in [2.75, 3.05) is 7.11 Å². The van der Waals surface area contributed by atoms with Crippen molar-refractivity contribution in [3.05, 3.63) is 49.4 Å². The van der Waals surface area contributed by atoms with E-state index in [9.17, 15) is 4.79 Å². The number of nitrogens with one attached hydrogen (secondary N) is 1. The van der Waals surface area contributed by atoms with Gasteiger partial charge in [-0.15, -0.1) is 0 Å². The monoisotopic (exact) mass is 382 g/mol. The van der Waals surface area contributed by atoms with Crippen molar-refractivity contribution in [3.63, 3.8) is 0 Å². The Bertz CT molecular complexity index is 693. The molecule has 1 saturated carbocycles. The maximum absolute atomic E-state index is 12.0.